The Morgan fingerprint density at radius 2 is 2.20 bits per heavy atom. The molecule has 0 bridgehead atoms. The van der Waals surface area contributed by atoms with Crippen LogP contribution in [0.25, 0.3) is 0 Å². The molecule has 20 heavy (non-hydrogen) atoms. The average molecular weight is 295 g/mol. The summed E-state index contributed by atoms with van der Waals surface area (Å²) < 4.78 is 25.6. The van der Waals surface area contributed by atoms with Crippen molar-refractivity contribution in [2.24, 2.45) is 0 Å². The van der Waals surface area contributed by atoms with Crippen molar-refractivity contribution in [1.82, 2.24) is 14.3 Å². The molecule has 2 N–H and O–H groups in total. The van der Waals surface area contributed by atoms with E-state index in [-0.39, 0.29) is 17.1 Å². The normalized spacial score (nSPS) is 11.7. The van der Waals surface area contributed by atoms with Crippen molar-refractivity contribution in [1.29, 1.82) is 0 Å². The van der Waals surface area contributed by atoms with Gasteiger partial charge in [0, 0.05) is 19.4 Å². The summed E-state index contributed by atoms with van der Waals surface area (Å²) in [5.41, 5.74) is 0.433. The fraction of sp³-hybridized carbons (Fsp3) is 0.167. The Bertz CT molecular complexity index is 709. The second-order valence-electron chi connectivity index (χ2n) is 4.14. The van der Waals surface area contributed by atoms with E-state index in [1.165, 1.54) is 7.05 Å². The van der Waals surface area contributed by atoms with Gasteiger partial charge in [-0.05, 0) is 18.2 Å². The second kappa shape index (κ2) is 5.43. The third-order valence-corrected chi connectivity index (χ3v) is 4.49. The van der Waals surface area contributed by atoms with Gasteiger partial charge in [-0.3, -0.25) is 4.98 Å². The molecule has 0 amide bonds. The monoisotopic (exact) mass is 295 g/mol. The highest BCUT2D eigenvalue weighted by Crippen LogP contribution is 2.17. The molecule has 0 spiro atoms. The Morgan fingerprint density at radius 1 is 1.45 bits per heavy atom. The van der Waals surface area contributed by atoms with Gasteiger partial charge in [0.15, 0.2) is 0 Å². The number of rotatable bonds is 5. The van der Waals surface area contributed by atoms with Crippen LogP contribution < -0.4 is 0 Å². The Hall–Kier alpha value is -2.19. The number of aromatic amines is 1. The summed E-state index contributed by atoms with van der Waals surface area (Å²) in [6.45, 7) is 0.108. The molecular formula is C12H13N3O4S. The zero-order valence-electron chi connectivity index (χ0n) is 10.6. The van der Waals surface area contributed by atoms with Crippen LogP contribution in [-0.2, 0) is 16.6 Å². The minimum absolute atomic E-state index is 0.0895. The maximum Gasteiger partial charge on any atom is 0.352 e. The number of H-pyrrole nitrogens is 1. The van der Waals surface area contributed by atoms with Gasteiger partial charge in [-0.15, -0.1) is 0 Å². The number of aromatic nitrogens is 2. The van der Waals surface area contributed by atoms with Gasteiger partial charge in [0.1, 0.15) is 10.6 Å². The summed E-state index contributed by atoms with van der Waals surface area (Å²) in [7, 11) is -2.34. The lowest BCUT2D eigenvalue weighted by Crippen LogP contribution is -2.26. The second-order valence-corrected chi connectivity index (χ2v) is 6.18. The SMILES string of the molecule is CN(Cc1ccccn1)S(=O)(=O)c1c[nH]c(C(=O)O)c1. The van der Waals surface area contributed by atoms with Crippen molar-refractivity contribution in [2.75, 3.05) is 7.05 Å². The van der Waals surface area contributed by atoms with Crippen molar-refractivity contribution in [2.45, 2.75) is 11.4 Å². The van der Waals surface area contributed by atoms with Crippen molar-refractivity contribution < 1.29 is 18.3 Å². The summed E-state index contributed by atoms with van der Waals surface area (Å²) in [6, 6.07) is 6.31. The Kier molecular flexibility index (Phi) is 3.86. The molecule has 7 nitrogen and oxygen atoms in total. The predicted octanol–water partition coefficient (Wildman–Crippen LogP) is 0.929. The Morgan fingerprint density at radius 3 is 2.75 bits per heavy atom. The molecule has 2 heterocycles. The van der Waals surface area contributed by atoms with Crippen LogP contribution in [-0.4, -0.2) is 40.8 Å². The van der Waals surface area contributed by atoms with Gasteiger partial charge in [-0.25, -0.2) is 13.2 Å². The van der Waals surface area contributed by atoms with Crippen molar-refractivity contribution >= 4 is 16.0 Å². The molecule has 0 saturated carbocycles. The zero-order chi connectivity index (χ0) is 14.8. The van der Waals surface area contributed by atoms with E-state index >= 15 is 0 Å². The Balaban J connectivity index is 2.23. The van der Waals surface area contributed by atoms with E-state index in [1.54, 1.807) is 24.4 Å². The highest BCUT2D eigenvalue weighted by Gasteiger charge is 2.23. The van der Waals surface area contributed by atoms with Crippen LogP contribution in [0.3, 0.4) is 0 Å². The summed E-state index contributed by atoms with van der Waals surface area (Å²) in [5.74, 6) is -1.21. The minimum atomic E-state index is -3.75. The number of pyridine rings is 1. The van der Waals surface area contributed by atoms with Crippen LogP contribution in [0.2, 0.25) is 0 Å². The molecule has 0 fully saturated rings. The fourth-order valence-corrected chi connectivity index (χ4v) is 2.77. The lowest BCUT2D eigenvalue weighted by atomic mass is 10.3. The molecule has 0 aliphatic rings. The smallest absolute Gasteiger partial charge is 0.352 e. The van der Waals surface area contributed by atoms with Crippen LogP contribution in [0, 0.1) is 0 Å². The van der Waals surface area contributed by atoms with Gasteiger partial charge in [0.05, 0.1) is 12.2 Å². The van der Waals surface area contributed by atoms with E-state index in [1.807, 2.05) is 0 Å². The zero-order valence-corrected chi connectivity index (χ0v) is 11.5. The van der Waals surface area contributed by atoms with Gasteiger partial charge in [-0.1, -0.05) is 6.07 Å². The number of nitrogens with one attached hydrogen (secondary N) is 1. The van der Waals surface area contributed by atoms with Crippen LogP contribution in [0.15, 0.2) is 41.6 Å². The van der Waals surface area contributed by atoms with E-state index in [9.17, 15) is 13.2 Å². The largest absolute Gasteiger partial charge is 0.477 e. The van der Waals surface area contributed by atoms with Gasteiger partial charge < -0.3 is 10.1 Å². The fourth-order valence-electron chi connectivity index (χ4n) is 1.63. The van der Waals surface area contributed by atoms with E-state index in [0.29, 0.717) is 5.69 Å². The van der Waals surface area contributed by atoms with Gasteiger partial charge in [-0.2, -0.15) is 4.31 Å². The summed E-state index contributed by atoms with van der Waals surface area (Å²) >= 11 is 0. The van der Waals surface area contributed by atoms with Crippen LogP contribution in [0.4, 0.5) is 0 Å². The van der Waals surface area contributed by atoms with E-state index < -0.39 is 16.0 Å². The molecule has 0 aliphatic heterocycles. The molecule has 0 aliphatic carbocycles. The first-order valence-corrected chi connectivity index (χ1v) is 7.13. The van der Waals surface area contributed by atoms with Gasteiger partial charge >= 0.3 is 5.97 Å². The summed E-state index contributed by atoms with van der Waals surface area (Å²) in [4.78, 5) is 17.1. The van der Waals surface area contributed by atoms with E-state index in [0.717, 1.165) is 16.6 Å². The maximum absolute atomic E-state index is 12.3. The molecular weight excluding hydrogens is 282 g/mol. The topological polar surface area (TPSA) is 103 Å². The van der Waals surface area contributed by atoms with Crippen molar-refractivity contribution in [3.8, 4) is 0 Å². The third-order valence-electron chi connectivity index (χ3n) is 2.71. The van der Waals surface area contributed by atoms with Crippen LogP contribution in [0.5, 0.6) is 0 Å². The molecule has 8 heteroatoms. The summed E-state index contributed by atoms with van der Waals surface area (Å²) in [5, 5.41) is 8.79. The van der Waals surface area contributed by atoms with E-state index in [2.05, 4.69) is 9.97 Å². The first-order valence-electron chi connectivity index (χ1n) is 5.69. The lowest BCUT2D eigenvalue weighted by molar-refractivity contribution is 0.0691. The molecule has 106 valence electrons. The molecule has 0 unspecified atom stereocenters. The highest BCUT2D eigenvalue weighted by molar-refractivity contribution is 7.89. The summed E-state index contributed by atoms with van der Waals surface area (Å²) in [6.07, 6.45) is 2.74. The standard InChI is InChI=1S/C12H13N3O4S/c1-15(8-9-4-2-3-5-13-9)20(18,19)10-6-11(12(16)17)14-7-10/h2-7,14H,8H2,1H3,(H,16,17). The van der Waals surface area contributed by atoms with Gasteiger partial charge in [0.2, 0.25) is 10.0 Å². The molecule has 2 aromatic rings. The van der Waals surface area contributed by atoms with Crippen LogP contribution in [0.1, 0.15) is 16.2 Å². The number of carboxylic acids is 1. The molecule has 0 saturated heterocycles. The van der Waals surface area contributed by atoms with Gasteiger partial charge in [0.25, 0.3) is 0 Å². The quantitative estimate of drug-likeness (QED) is 0.854. The predicted molar refractivity (Wildman–Crippen MR) is 70.6 cm³/mol. The first-order chi connectivity index (χ1) is 9.41. The molecule has 2 aromatic heterocycles. The molecule has 0 aromatic carbocycles. The number of sulfonamides is 1. The molecule has 0 atom stereocenters. The number of hydrogen-bond donors (Lipinski definition) is 2. The number of aromatic carboxylic acids is 1. The highest BCUT2D eigenvalue weighted by atomic mass is 32.2. The number of hydrogen-bond acceptors (Lipinski definition) is 4. The van der Waals surface area contributed by atoms with Crippen molar-refractivity contribution in [3.63, 3.8) is 0 Å². The number of nitrogens with zero attached hydrogens (tertiary/aromatic N) is 2. The van der Waals surface area contributed by atoms with Crippen molar-refractivity contribution in [3.05, 3.63) is 48.0 Å². The maximum atomic E-state index is 12.3. The Labute approximate surface area is 115 Å². The van der Waals surface area contributed by atoms with Crippen LogP contribution >= 0.6 is 0 Å². The average Bonchev–Trinajstić information content (AvgIpc) is 2.90. The number of carboxylic acid groups (broad SMARTS) is 1. The molecule has 2 rings (SSSR count). The third kappa shape index (κ3) is 2.86. The minimum Gasteiger partial charge on any atom is -0.477 e. The lowest BCUT2D eigenvalue weighted by Gasteiger charge is -2.15. The van der Waals surface area contributed by atoms with E-state index in [4.69, 9.17) is 5.11 Å². The molecule has 0 radical (unpaired) electrons. The number of carbonyl (C=O) groups is 1. The first kappa shape index (κ1) is 14.2.